The van der Waals surface area contributed by atoms with Gasteiger partial charge in [-0.05, 0) is 49.7 Å². The molecule has 2 heterocycles. The minimum absolute atomic E-state index is 0.527. The fraction of sp³-hybridized carbons (Fsp3) is 0.150. The molecular formula is C20H18N4O. The molecule has 3 rings (SSSR count). The molecule has 0 spiro atoms. The third-order valence-corrected chi connectivity index (χ3v) is 3.61. The maximum atomic E-state index is 9.07. The normalized spacial score (nSPS) is 10.1. The third kappa shape index (κ3) is 3.93. The van der Waals surface area contributed by atoms with Crippen LogP contribution in [0.2, 0.25) is 0 Å². The van der Waals surface area contributed by atoms with Crippen LogP contribution in [-0.4, -0.2) is 16.6 Å². The standard InChI is InChI=1S/C20H18N4O/c1-3-25-18-11-17(16-8-5-7-15(10-16)12-21)13-22-20(18)24-19-9-4-6-14(2)23-19/h4-11,13H,3H2,1-2H3,(H,22,23,24). The fourth-order valence-corrected chi connectivity index (χ4v) is 2.46. The van der Waals surface area contributed by atoms with Gasteiger partial charge in [0.2, 0.25) is 0 Å². The average molecular weight is 330 g/mol. The Balaban J connectivity index is 1.96. The summed E-state index contributed by atoms with van der Waals surface area (Å²) in [5, 5.41) is 12.3. The zero-order valence-corrected chi connectivity index (χ0v) is 14.2. The first-order valence-corrected chi connectivity index (χ1v) is 8.03. The van der Waals surface area contributed by atoms with E-state index in [1.54, 1.807) is 12.3 Å². The summed E-state index contributed by atoms with van der Waals surface area (Å²) < 4.78 is 5.74. The molecule has 0 bridgehead atoms. The van der Waals surface area contributed by atoms with E-state index >= 15 is 0 Å². The second-order valence-corrected chi connectivity index (χ2v) is 5.49. The summed E-state index contributed by atoms with van der Waals surface area (Å²) in [5.74, 6) is 1.97. The molecule has 0 fully saturated rings. The Morgan fingerprint density at radius 3 is 2.72 bits per heavy atom. The molecule has 0 saturated heterocycles. The van der Waals surface area contributed by atoms with Gasteiger partial charge < -0.3 is 10.1 Å². The Morgan fingerprint density at radius 1 is 1.12 bits per heavy atom. The highest BCUT2D eigenvalue weighted by Gasteiger charge is 2.10. The third-order valence-electron chi connectivity index (χ3n) is 3.61. The lowest BCUT2D eigenvalue weighted by Crippen LogP contribution is -2.02. The smallest absolute Gasteiger partial charge is 0.174 e. The molecule has 0 saturated carbocycles. The number of pyridine rings is 2. The van der Waals surface area contributed by atoms with Gasteiger partial charge in [-0.1, -0.05) is 18.2 Å². The molecule has 25 heavy (non-hydrogen) atoms. The summed E-state index contributed by atoms with van der Waals surface area (Å²) in [6, 6.07) is 17.3. The average Bonchev–Trinajstić information content (AvgIpc) is 2.63. The lowest BCUT2D eigenvalue weighted by Gasteiger charge is -2.13. The van der Waals surface area contributed by atoms with E-state index in [0.29, 0.717) is 29.6 Å². The Labute approximate surface area is 147 Å². The van der Waals surface area contributed by atoms with Crippen molar-refractivity contribution in [3.8, 4) is 22.9 Å². The molecule has 1 N–H and O–H groups in total. The second kappa shape index (κ2) is 7.45. The molecule has 0 aliphatic carbocycles. The van der Waals surface area contributed by atoms with E-state index in [-0.39, 0.29) is 0 Å². The molecule has 124 valence electrons. The van der Waals surface area contributed by atoms with Crippen LogP contribution in [0.25, 0.3) is 11.1 Å². The Bertz CT molecular complexity index is 931. The number of aromatic nitrogens is 2. The summed E-state index contributed by atoms with van der Waals surface area (Å²) in [6.45, 7) is 4.39. The Hall–Kier alpha value is -3.39. The number of rotatable bonds is 5. The molecule has 0 unspecified atom stereocenters. The monoisotopic (exact) mass is 330 g/mol. The Morgan fingerprint density at radius 2 is 1.96 bits per heavy atom. The molecular weight excluding hydrogens is 312 g/mol. The van der Waals surface area contributed by atoms with Crippen LogP contribution in [-0.2, 0) is 0 Å². The first-order valence-electron chi connectivity index (χ1n) is 8.03. The molecule has 5 nitrogen and oxygen atoms in total. The Kier molecular flexibility index (Phi) is 4.91. The van der Waals surface area contributed by atoms with Crippen molar-refractivity contribution < 1.29 is 4.74 Å². The molecule has 0 amide bonds. The van der Waals surface area contributed by atoms with E-state index in [2.05, 4.69) is 21.4 Å². The van der Waals surface area contributed by atoms with Gasteiger partial charge in [-0.25, -0.2) is 9.97 Å². The van der Waals surface area contributed by atoms with Gasteiger partial charge in [0.1, 0.15) is 5.82 Å². The summed E-state index contributed by atoms with van der Waals surface area (Å²) in [6.07, 6.45) is 1.76. The van der Waals surface area contributed by atoms with Crippen molar-refractivity contribution in [2.45, 2.75) is 13.8 Å². The van der Waals surface area contributed by atoms with E-state index in [0.717, 1.165) is 16.8 Å². The van der Waals surface area contributed by atoms with Gasteiger partial charge in [0.05, 0.1) is 18.2 Å². The minimum atomic E-state index is 0.527. The number of hydrogen-bond acceptors (Lipinski definition) is 5. The SMILES string of the molecule is CCOc1cc(-c2cccc(C#N)c2)cnc1Nc1cccc(C)n1. The lowest BCUT2D eigenvalue weighted by atomic mass is 10.1. The van der Waals surface area contributed by atoms with Crippen LogP contribution in [0.3, 0.4) is 0 Å². The predicted molar refractivity (Wildman–Crippen MR) is 97.8 cm³/mol. The number of hydrogen-bond donors (Lipinski definition) is 1. The maximum Gasteiger partial charge on any atom is 0.174 e. The van der Waals surface area contributed by atoms with Crippen molar-refractivity contribution in [2.75, 3.05) is 11.9 Å². The number of aryl methyl sites for hydroxylation is 1. The maximum absolute atomic E-state index is 9.07. The van der Waals surface area contributed by atoms with E-state index in [4.69, 9.17) is 10.00 Å². The largest absolute Gasteiger partial charge is 0.490 e. The van der Waals surface area contributed by atoms with Crippen molar-refractivity contribution in [1.29, 1.82) is 5.26 Å². The first kappa shape index (κ1) is 16.5. The quantitative estimate of drug-likeness (QED) is 0.747. The van der Waals surface area contributed by atoms with Gasteiger partial charge in [-0.2, -0.15) is 5.26 Å². The van der Waals surface area contributed by atoms with Crippen molar-refractivity contribution in [3.63, 3.8) is 0 Å². The molecule has 3 aromatic rings. The van der Waals surface area contributed by atoms with Gasteiger partial charge in [-0.3, -0.25) is 0 Å². The molecule has 2 aromatic heterocycles. The molecule has 0 aliphatic heterocycles. The predicted octanol–water partition coefficient (Wildman–Crippen LogP) is 4.47. The summed E-state index contributed by atoms with van der Waals surface area (Å²) in [4.78, 5) is 8.93. The highest BCUT2D eigenvalue weighted by atomic mass is 16.5. The summed E-state index contributed by atoms with van der Waals surface area (Å²) in [7, 11) is 0. The van der Waals surface area contributed by atoms with Gasteiger partial charge in [-0.15, -0.1) is 0 Å². The van der Waals surface area contributed by atoms with Crippen molar-refractivity contribution in [3.05, 3.63) is 66.0 Å². The summed E-state index contributed by atoms with van der Waals surface area (Å²) in [5.41, 5.74) is 3.35. The minimum Gasteiger partial charge on any atom is -0.490 e. The zero-order chi connectivity index (χ0) is 17.6. The molecule has 5 heteroatoms. The van der Waals surface area contributed by atoms with Crippen LogP contribution in [0.15, 0.2) is 54.7 Å². The summed E-state index contributed by atoms with van der Waals surface area (Å²) >= 11 is 0. The van der Waals surface area contributed by atoms with Gasteiger partial charge in [0.15, 0.2) is 11.6 Å². The van der Waals surface area contributed by atoms with Crippen LogP contribution in [0.1, 0.15) is 18.2 Å². The van der Waals surface area contributed by atoms with Crippen molar-refractivity contribution in [2.24, 2.45) is 0 Å². The number of nitrogens with one attached hydrogen (secondary N) is 1. The number of anilines is 2. The topological polar surface area (TPSA) is 70.8 Å². The van der Waals surface area contributed by atoms with Crippen molar-refractivity contribution in [1.82, 2.24) is 9.97 Å². The van der Waals surface area contributed by atoms with Gasteiger partial charge in [0.25, 0.3) is 0 Å². The van der Waals surface area contributed by atoms with Gasteiger partial charge in [0, 0.05) is 17.5 Å². The number of nitrogens with zero attached hydrogens (tertiary/aromatic N) is 3. The molecule has 0 radical (unpaired) electrons. The van der Waals surface area contributed by atoms with Crippen LogP contribution in [0.4, 0.5) is 11.6 Å². The van der Waals surface area contributed by atoms with Crippen LogP contribution >= 0.6 is 0 Å². The molecule has 0 atom stereocenters. The van der Waals surface area contributed by atoms with Gasteiger partial charge >= 0.3 is 0 Å². The van der Waals surface area contributed by atoms with E-state index in [1.165, 1.54) is 0 Å². The highest BCUT2D eigenvalue weighted by molar-refractivity contribution is 5.70. The van der Waals surface area contributed by atoms with E-state index in [9.17, 15) is 0 Å². The van der Waals surface area contributed by atoms with E-state index in [1.807, 2.05) is 56.3 Å². The number of nitriles is 1. The first-order chi connectivity index (χ1) is 12.2. The zero-order valence-electron chi connectivity index (χ0n) is 14.2. The van der Waals surface area contributed by atoms with Crippen LogP contribution < -0.4 is 10.1 Å². The van der Waals surface area contributed by atoms with Crippen LogP contribution in [0.5, 0.6) is 5.75 Å². The van der Waals surface area contributed by atoms with Crippen molar-refractivity contribution >= 4 is 11.6 Å². The van der Waals surface area contributed by atoms with E-state index < -0.39 is 0 Å². The second-order valence-electron chi connectivity index (χ2n) is 5.49. The fourth-order valence-electron chi connectivity index (χ4n) is 2.46. The highest BCUT2D eigenvalue weighted by Crippen LogP contribution is 2.30. The number of ether oxygens (including phenoxy) is 1. The molecule has 1 aromatic carbocycles. The molecule has 0 aliphatic rings. The van der Waals surface area contributed by atoms with Crippen LogP contribution in [0, 0.1) is 18.3 Å². The lowest BCUT2D eigenvalue weighted by molar-refractivity contribution is 0.341. The number of benzene rings is 1.